The number of rotatable bonds is 5. The lowest BCUT2D eigenvalue weighted by atomic mass is 9.95. The Hall–Kier alpha value is -2.37. The largest absolute Gasteiger partial charge is 0.369 e. The molecule has 2 fully saturated rings. The SMILES string of the molecule is CCCc1ccc(N2CC(C(=O)N3CCC(C(N)=O)CC3)CC2=O)cc1. The van der Waals surface area contributed by atoms with Crippen LogP contribution in [0.3, 0.4) is 0 Å². The van der Waals surface area contributed by atoms with Crippen LogP contribution in [0.5, 0.6) is 0 Å². The zero-order valence-electron chi connectivity index (χ0n) is 15.3. The van der Waals surface area contributed by atoms with Crippen LogP contribution in [-0.2, 0) is 20.8 Å². The molecule has 6 nitrogen and oxygen atoms in total. The highest BCUT2D eigenvalue weighted by molar-refractivity contribution is 6.00. The Morgan fingerprint density at radius 3 is 2.35 bits per heavy atom. The number of amides is 3. The molecule has 0 saturated carbocycles. The first kappa shape index (κ1) is 18.4. The highest BCUT2D eigenvalue weighted by atomic mass is 16.2. The predicted octanol–water partition coefficient (Wildman–Crippen LogP) is 1.72. The van der Waals surface area contributed by atoms with Gasteiger partial charge in [-0.1, -0.05) is 25.5 Å². The molecule has 1 unspecified atom stereocenters. The number of anilines is 1. The van der Waals surface area contributed by atoms with Gasteiger partial charge < -0.3 is 15.5 Å². The van der Waals surface area contributed by atoms with Gasteiger partial charge in [0.1, 0.15) is 0 Å². The van der Waals surface area contributed by atoms with Crippen LogP contribution in [0.2, 0.25) is 0 Å². The Balaban J connectivity index is 1.60. The summed E-state index contributed by atoms with van der Waals surface area (Å²) in [5.74, 6) is -0.707. The number of aryl methyl sites for hydroxylation is 1. The van der Waals surface area contributed by atoms with E-state index in [2.05, 4.69) is 19.1 Å². The molecule has 0 bridgehead atoms. The fourth-order valence-electron chi connectivity index (χ4n) is 3.90. The summed E-state index contributed by atoms with van der Waals surface area (Å²) in [5, 5.41) is 0. The van der Waals surface area contributed by atoms with Gasteiger partial charge in [0.25, 0.3) is 0 Å². The number of carbonyl (C=O) groups excluding carboxylic acids is 3. The summed E-state index contributed by atoms with van der Waals surface area (Å²) in [5.41, 5.74) is 7.46. The maximum Gasteiger partial charge on any atom is 0.228 e. The molecule has 0 aliphatic carbocycles. The van der Waals surface area contributed by atoms with Gasteiger partial charge in [-0.3, -0.25) is 14.4 Å². The second-order valence-corrected chi connectivity index (χ2v) is 7.32. The lowest BCUT2D eigenvalue weighted by molar-refractivity contribution is -0.138. The van der Waals surface area contributed by atoms with Crippen LogP contribution in [0.25, 0.3) is 0 Å². The molecule has 1 aromatic carbocycles. The summed E-state index contributed by atoms with van der Waals surface area (Å²) in [6.07, 6.45) is 3.60. The van der Waals surface area contributed by atoms with Crippen molar-refractivity contribution in [2.24, 2.45) is 17.6 Å². The standard InChI is InChI=1S/C20H27N3O3/c1-2-3-14-4-6-17(7-5-14)23-13-16(12-18(23)24)20(26)22-10-8-15(9-11-22)19(21)25/h4-7,15-16H,2-3,8-13H2,1H3,(H2,21,25). The van der Waals surface area contributed by atoms with Crippen molar-refractivity contribution in [3.8, 4) is 0 Å². The Labute approximate surface area is 154 Å². The molecule has 1 atom stereocenters. The van der Waals surface area contributed by atoms with Gasteiger partial charge in [0.2, 0.25) is 17.7 Å². The molecule has 6 heteroatoms. The number of hydrogen-bond acceptors (Lipinski definition) is 3. The molecule has 0 spiro atoms. The van der Waals surface area contributed by atoms with Crippen molar-refractivity contribution in [1.82, 2.24) is 4.90 Å². The molecule has 2 aliphatic heterocycles. The Morgan fingerprint density at radius 2 is 1.77 bits per heavy atom. The summed E-state index contributed by atoms with van der Waals surface area (Å²) in [6, 6.07) is 8.04. The van der Waals surface area contributed by atoms with E-state index in [0.717, 1.165) is 18.5 Å². The zero-order valence-corrected chi connectivity index (χ0v) is 15.3. The van der Waals surface area contributed by atoms with Crippen molar-refractivity contribution in [2.75, 3.05) is 24.5 Å². The normalized spacial score (nSPS) is 21.3. The number of likely N-dealkylation sites (tertiary alicyclic amines) is 1. The molecule has 140 valence electrons. The molecule has 3 rings (SSSR count). The minimum absolute atomic E-state index is 0.00128. The van der Waals surface area contributed by atoms with Crippen molar-refractivity contribution in [1.29, 1.82) is 0 Å². The fraction of sp³-hybridized carbons (Fsp3) is 0.550. The monoisotopic (exact) mass is 357 g/mol. The molecule has 2 heterocycles. The maximum absolute atomic E-state index is 12.8. The summed E-state index contributed by atoms with van der Waals surface area (Å²) >= 11 is 0. The molecular weight excluding hydrogens is 330 g/mol. The van der Waals surface area contributed by atoms with E-state index in [4.69, 9.17) is 5.73 Å². The summed E-state index contributed by atoms with van der Waals surface area (Å²) in [7, 11) is 0. The van der Waals surface area contributed by atoms with Crippen molar-refractivity contribution in [3.63, 3.8) is 0 Å². The molecule has 1 aromatic rings. The van der Waals surface area contributed by atoms with Gasteiger partial charge in [-0.2, -0.15) is 0 Å². The first-order valence-electron chi connectivity index (χ1n) is 9.47. The highest BCUT2D eigenvalue weighted by Gasteiger charge is 2.38. The first-order chi connectivity index (χ1) is 12.5. The molecule has 26 heavy (non-hydrogen) atoms. The van der Waals surface area contributed by atoms with E-state index >= 15 is 0 Å². The van der Waals surface area contributed by atoms with Gasteiger partial charge in [-0.05, 0) is 37.0 Å². The number of nitrogens with two attached hydrogens (primary N) is 1. The van der Waals surface area contributed by atoms with E-state index < -0.39 is 0 Å². The minimum Gasteiger partial charge on any atom is -0.369 e. The fourth-order valence-corrected chi connectivity index (χ4v) is 3.90. The molecule has 2 saturated heterocycles. The third kappa shape index (κ3) is 3.89. The van der Waals surface area contributed by atoms with Gasteiger partial charge in [0.05, 0.1) is 5.92 Å². The molecule has 3 amide bonds. The smallest absolute Gasteiger partial charge is 0.228 e. The highest BCUT2D eigenvalue weighted by Crippen LogP contribution is 2.28. The van der Waals surface area contributed by atoms with E-state index in [0.29, 0.717) is 32.5 Å². The Kier molecular flexibility index (Phi) is 5.59. The summed E-state index contributed by atoms with van der Waals surface area (Å²) < 4.78 is 0. The van der Waals surface area contributed by atoms with Crippen LogP contribution < -0.4 is 10.6 Å². The minimum atomic E-state index is -0.303. The number of benzene rings is 1. The lowest BCUT2D eigenvalue weighted by Gasteiger charge is -2.32. The average molecular weight is 357 g/mol. The van der Waals surface area contributed by atoms with Crippen molar-refractivity contribution >= 4 is 23.4 Å². The molecule has 0 aromatic heterocycles. The van der Waals surface area contributed by atoms with Gasteiger partial charge >= 0.3 is 0 Å². The van der Waals surface area contributed by atoms with Crippen LogP contribution in [0.4, 0.5) is 5.69 Å². The number of carbonyl (C=O) groups is 3. The van der Waals surface area contributed by atoms with Crippen molar-refractivity contribution < 1.29 is 14.4 Å². The van der Waals surface area contributed by atoms with Gasteiger partial charge in [-0.25, -0.2) is 0 Å². The third-order valence-electron chi connectivity index (χ3n) is 5.47. The average Bonchev–Trinajstić information content (AvgIpc) is 3.04. The number of nitrogens with zero attached hydrogens (tertiary/aromatic N) is 2. The van der Waals surface area contributed by atoms with E-state index in [-0.39, 0.29) is 36.0 Å². The van der Waals surface area contributed by atoms with E-state index in [1.165, 1.54) is 5.56 Å². The molecule has 2 N–H and O–H groups in total. The predicted molar refractivity (Wildman–Crippen MR) is 99.4 cm³/mol. The maximum atomic E-state index is 12.8. The molecule has 0 radical (unpaired) electrons. The van der Waals surface area contributed by atoms with Gasteiger partial charge in [0, 0.05) is 37.7 Å². The van der Waals surface area contributed by atoms with E-state index in [1.807, 2.05) is 12.1 Å². The molecule has 2 aliphatic rings. The lowest BCUT2D eigenvalue weighted by Crippen LogP contribution is -2.44. The zero-order chi connectivity index (χ0) is 18.7. The van der Waals surface area contributed by atoms with Crippen LogP contribution in [0.1, 0.15) is 38.2 Å². The van der Waals surface area contributed by atoms with Gasteiger partial charge in [-0.15, -0.1) is 0 Å². The second kappa shape index (κ2) is 7.89. The second-order valence-electron chi connectivity index (χ2n) is 7.32. The topological polar surface area (TPSA) is 83.7 Å². The van der Waals surface area contributed by atoms with Crippen LogP contribution >= 0.6 is 0 Å². The summed E-state index contributed by atoms with van der Waals surface area (Å²) in [6.45, 7) is 3.66. The third-order valence-corrected chi connectivity index (χ3v) is 5.47. The Bertz CT molecular complexity index is 678. The molecular formula is C20H27N3O3. The quantitative estimate of drug-likeness (QED) is 0.871. The van der Waals surface area contributed by atoms with Crippen molar-refractivity contribution in [3.05, 3.63) is 29.8 Å². The van der Waals surface area contributed by atoms with Crippen molar-refractivity contribution in [2.45, 2.75) is 39.0 Å². The first-order valence-corrected chi connectivity index (χ1v) is 9.47. The van der Waals surface area contributed by atoms with Crippen LogP contribution in [0, 0.1) is 11.8 Å². The number of piperidine rings is 1. The summed E-state index contributed by atoms with van der Waals surface area (Å²) in [4.78, 5) is 39.9. The van der Waals surface area contributed by atoms with Crippen LogP contribution in [0.15, 0.2) is 24.3 Å². The van der Waals surface area contributed by atoms with E-state index in [9.17, 15) is 14.4 Å². The number of primary amides is 1. The van der Waals surface area contributed by atoms with Gasteiger partial charge in [0.15, 0.2) is 0 Å². The van der Waals surface area contributed by atoms with E-state index in [1.54, 1.807) is 9.80 Å². The number of hydrogen-bond donors (Lipinski definition) is 1. The van der Waals surface area contributed by atoms with Crippen LogP contribution in [-0.4, -0.2) is 42.3 Å². The Morgan fingerprint density at radius 1 is 1.12 bits per heavy atom.